The van der Waals surface area contributed by atoms with Crippen LogP contribution in [0.15, 0.2) is 42.5 Å². The van der Waals surface area contributed by atoms with Crippen molar-refractivity contribution in [3.05, 3.63) is 48.0 Å². The highest BCUT2D eigenvalue weighted by Gasteiger charge is 2.32. The van der Waals surface area contributed by atoms with Crippen molar-refractivity contribution in [2.45, 2.75) is 6.54 Å². The number of nitrogens with zero attached hydrogens (tertiary/aromatic N) is 2. The zero-order valence-corrected chi connectivity index (χ0v) is 16.8. The van der Waals surface area contributed by atoms with Crippen molar-refractivity contribution >= 4 is 17.6 Å². The number of methoxy groups -OCH3 is 3. The number of amides is 3. The van der Waals surface area contributed by atoms with Crippen LogP contribution in [-0.4, -0.2) is 57.8 Å². The molecular weight excluding hydrogens is 374 g/mol. The molecule has 1 aliphatic heterocycles. The Morgan fingerprint density at radius 2 is 1.76 bits per heavy atom. The summed E-state index contributed by atoms with van der Waals surface area (Å²) in [4.78, 5) is 28.3. The van der Waals surface area contributed by atoms with Gasteiger partial charge in [0.15, 0.2) is 0 Å². The first-order chi connectivity index (χ1) is 14.1. The molecule has 0 atom stereocenters. The van der Waals surface area contributed by atoms with Gasteiger partial charge < -0.3 is 24.4 Å². The molecule has 1 fully saturated rings. The lowest BCUT2D eigenvalue weighted by Crippen LogP contribution is -2.39. The fraction of sp³-hybridized carbons (Fsp3) is 0.333. The molecule has 0 saturated carbocycles. The molecule has 8 nitrogen and oxygen atoms in total. The molecule has 0 spiro atoms. The van der Waals surface area contributed by atoms with Gasteiger partial charge in [0.2, 0.25) is 5.91 Å². The summed E-state index contributed by atoms with van der Waals surface area (Å²) in [6.45, 7) is 1.22. The van der Waals surface area contributed by atoms with Crippen LogP contribution >= 0.6 is 0 Å². The van der Waals surface area contributed by atoms with E-state index < -0.39 is 0 Å². The molecule has 1 heterocycles. The molecule has 2 aromatic carbocycles. The maximum Gasteiger partial charge on any atom is 0.325 e. The number of benzene rings is 2. The quantitative estimate of drug-likeness (QED) is 0.737. The number of nitrogens with one attached hydrogen (secondary N) is 1. The van der Waals surface area contributed by atoms with Crippen molar-refractivity contribution in [3.8, 4) is 17.2 Å². The molecule has 0 aromatic heterocycles. The SMILES string of the molecule is COc1ccc(OC)c(N2CCN(CC(=O)NCc3ccccc3OC)C2=O)c1. The normalized spacial score (nSPS) is 13.4. The van der Waals surface area contributed by atoms with Crippen LogP contribution < -0.4 is 24.4 Å². The van der Waals surface area contributed by atoms with E-state index in [0.29, 0.717) is 42.6 Å². The topological polar surface area (TPSA) is 80.3 Å². The maximum absolute atomic E-state index is 12.8. The Bertz CT molecular complexity index is 886. The smallest absolute Gasteiger partial charge is 0.325 e. The largest absolute Gasteiger partial charge is 0.497 e. The molecule has 3 rings (SSSR count). The Balaban J connectivity index is 1.62. The number of hydrogen-bond acceptors (Lipinski definition) is 5. The Hall–Kier alpha value is -3.42. The van der Waals surface area contributed by atoms with Crippen molar-refractivity contribution < 1.29 is 23.8 Å². The molecule has 1 saturated heterocycles. The molecule has 0 radical (unpaired) electrons. The highest BCUT2D eigenvalue weighted by atomic mass is 16.5. The van der Waals surface area contributed by atoms with Gasteiger partial charge in [-0.25, -0.2) is 4.79 Å². The standard InChI is InChI=1S/C21H25N3O5/c1-27-16-8-9-19(29-3)17(12-16)24-11-10-23(21(24)26)14-20(25)22-13-15-6-4-5-7-18(15)28-2/h4-9,12H,10-11,13-14H2,1-3H3,(H,22,25). The second kappa shape index (κ2) is 9.18. The van der Waals surface area contributed by atoms with Gasteiger partial charge in [-0.2, -0.15) is 0 Å². The lowest BCUT2D eigenvalue weighted by Gasteiger charge is -2.21. The summed E-state index contributed by atoms with van der Waals surface area (Å²) in [7, 11) is 4.70. The highest BCUT2D eigenvalue weighted by molar-refractivity contribution is 5.97. The fourth-order valence-corrected chi connectivity index (χ4v) is 3.23. The van der Waals surface area contributed by atoms with Crippen LogP contribution in [0.5, 0.6) is 17.2 Å². The molecule has 29 heavy (non-hydrogen) atoms. The van der Waals surface area contributed by atoms with Gasteiger partial charge in [-0.15, -0.1) is 0 Å². The fourth-order valence-electron chi connectivity index (χ4n) is 3.23. The molecule has 3 amide bonds. The van der Waals surface area contributed by atoms with E-state index in [4.69, 9.17) is 14.2 Å². The van der Waals surface area contributed by atoms with Crippen molar-refractivity contribution in [3.63, 3.8) is 0 Å². The first-order valence-corrected chi connectivity index (χ1v) is 9.24. The molecule has 2 aromatic rings. The lowest BCUT2D eigenvalue weighted by molar-refractivity contribution is -0.121. The van der Waals surface area contributed by atoms with Crippen molar-refractivity contribution in [1.82, 2.24) is 10.2 Å². The first kappa shape index (κ1) is 20.3. The molecule has 0 aliphatic carbocycles. The second-order valence-corrected chi connectivity index (χ2v) is 6.48. The van der Waals surface area contributed by atoms with Crippen LogP contribution in [0.3, 0.4) is 0 Å². The second-order valence-electron chi connectivity index (χ2n) is 6.48. The minimum atomic E-state index is -0.246. The highest BCUT2D eigenvalue weighted by Crippen LogP contribution is 2.34. The number of anilines is 1. The van der Waals surface area contributed by atoms with Gasteiger partial charge in [-0.05, 0) is 18.2 Å². The zero-order valence-electron chi connectivity index (χ0n) is 16.8. The number of ether oxygens (including phenoxy) is 3. The van der Waals surface area contributed by atoms with Crippen LogP contribution in [0.4, 0.5) is 10.5 Å². The number of rotatable bonds is 8. The third-order valence-electron chi connectivity index (χ3n) is 4.77. The summed E-state index contributed by atoms with van der Waals surface area (Å²) in [5.74, 6) is 1.67. The number of hydrogen-bond donors (Lipinski definition) is 1. The summed E-state index contributed by atoms with van der Waals surface area (Å²) in [5.41, 5.74) is 1.49. The molecular formula is C21H25N3O5. The molecule has 0 unspecified atom stereocenters. The van der Waals surface area contributed by atoms with Gasteiger partial charge in [0.25, 0.3) is 0 Å². The number of carbonyl (C=O) groups is 2. The lowest BCUT2D eigenvalue weighted by atomic mass is 10.2. The van der Waals surface area contributed by atoms with E-state index in [1.165, 1.54) is 4.90 Å². The average Bonchev–Trinajstić information content (AvgIpc) is 3.11. The zero-order chi connectivity index (χ0) is 20.8. The van der Waals surface area contributed by atoms with Gasteiger partial charge in [0.1, 0.15) is 23.8 Å². The predicted molar refractivity (Wildman–Crippen MR) is 109 cm³/mol. The molecule has 1 aliphatic rings. The van der Waals surface area contributed by atoms with Gasteiger partial charge in [-0.3, -0.25) is 9.69 Å². The van der Waals surface area contributed by atoms with Gasteiger partial charge in [0, 0.05) is 31.3 Å². The Morgan fingerprint density at radius 1 is 1.00 bits per heavy atom. The summed E-state index contributed by atoms with van der Waals surface area (Å²) >= 11 is 0. The van der Waals surface area contributed by atoms with E-state index >= 15 is 0 Å². The van der Waals surface area contributed by atoms with E-state index in [9.17, 15) is 9.59 Å². The van der Waals surface area contributed by atoms with Crippen molar-refractivity contribution in [2.24, 2.45) is 0 Å². The van der Waals surface area contributed by atoms with E-state index in [0.717, 1.165) is 5.56 Å². The van der Waals surface area contributed by atoms with Crippen LogP contribution in [0.25, 0.3) is 0 Å². The van der Waals surface area contributed by atoms with E-state index in [2.05, 4.69) is 5.32 Å². The number of urea groups is 1. The summed E-state index contributed by atoms with van der Waals surface area (Å²) < 4.78 is 15.9. The Labute approximate surface area is 170 Å². The summed E-state index contributed by atoms with van der Waals surface area (Å²) in [6, 6.07) is 12.5. The maximum atomic E-state index is 12.8. The van der Waals surface area contributed by atoms with Crippen LogP contribution in [0.1, 0.15) is 5.56 Å². The van der Waals surface area contributed by atoms with Crippen molar-refractivity contribution in [2.75, 3.05) is 45.9 Å². The third kappa shape index (κ3) is 4.53. The molecule has 1 N–H and O–H groups in total. The predicted octanol–water partition coefficient (Wildman–Crippen LogP) is 2.27. The monoisotopic (exact) mass is 399 g/mol. The van der Waals surface area contributed by atoms with E-state index in [1.807, 2.05) is 24.3 Å². The minimum Gasteiger partial charge on any atom is -0.497 e. The van der Waals surface area contributed by atoms with Crippen LogP contribution in [0.2, 0.25) is 0 Å². The van der Waals surface area contributed by atoms with Gasteiger partial charge in [-0.1, -0.05) is 18.2 Å². The van der Waals surface area contributed by atoms with Crippen LogP contribution in [0, 0.1) is 0 Å². The number of para-hydroxylation sites is 1. The molecule has 8 heteroatoms. The minimum absolute atomic E-state index is 0.0171. The third-order valence-corrected chi connectivity index (χ3v) is 4.77. The molecule has 154 valence electrons. The first-order valence-electron chi connectivity index (χ1n) is 9.24. The van der Waals surface area contributed by atoms with Crippen LogP contribution in [-0.2, 0) is 11.3 Å². The van der Waals surface area contributed by atoms with E-state index in [1.54, 1.807) is 44.4 Å². The average molecular weight is 399 g/mol. The van der Waals surface area contributed by atoms with E-state index in [-0.39, 0.29) is 18.5 Å². The van der Waals surface area contributed by atoms with Gasteiger partial charge in [0.05, 0.1) is 27.0 Å². The Kier molecular flexibility index (Phi) is 6.43. The van der Waals surface area contributed by atoms with Gasteiger partial charge >= 0.3 is 6.03 Å². The summed E-state index contributed by atoms with van der Waals surface area (Å²) in [5, 5.41) is 2.84. The summed E-state index contributed by atoms with van der Waals surface area (Å²) in [6.07, 6.45) is 0. The number of carbonyl (C=O) groups excluding carboxylic acids is 2. The Morgan fingerprint density at radius 3 is 2.48 bits per heavy atom. The molecule has 0 bridgehead atoms. The van der Waals surface area contributed by atoms with Crippen molar-refractivity contribution in [1.29, 1.82) is 0 Å².